The van der Waals surface area contributed by atoms with Crippen LogP contribution in [-0.4, -0.2) is 32.6 Å². The van der Waals surface area contributed by atoms with Gasteiger partial charge < -0.3 is 9.84 Å². The Balaban J connectivity index is 2.57. The van der Waals surface area contributed by atoms with Crippen LogP contribution in [0.25, 0.3) is 0 Å². The van der Waals surface area contributed by atoms with E-state index in [0.29, 0.717) is 4.47 Å². The molecule has 0 aliphatic carbocycles. The Morgan fingerprint density at radius 1 is 1.16 bits per heavy atom. The van der Waals surface area contributed by atoms with Crippen molar-refractivity contribution in [2.75, 3.05) is 11.8 Å². The van der Waals surface area contributed by atoms with Crippen LogP contribution in [0, 0.1) is 5.82 Å². The van der Waals surface area contributed by atoms with E-state index in [1.807, 2.05) is 4.72 Å². The van der Waals surface area contributed by atoms with Crippen molar-refractivity contribution in [2.24, 2.45) is 0 Å². The van der Waals surface area contributed by atoms with Crippen molar-refractivity contribution in [3.05, 3.63) is 57.8 Å². The predicted molar refractivity (Wildman–Crippen MR) is 89.6 cm³/mol. The van der Waals surface area contributed by atoms with E-state index in [9.17, 15) is 22.4 Å². The van der Waals surface area contributed by atoms with Gasteiger partial charge in [-0.2, -0.15) is 0 Å². The number of sulfonamides is 1. The molecule has 2 aromatic rings. The molecule has 10 heteroatoms. The number of carboxylic acids is 1. The van der Waals surface area contributed by atoms with Crippen molar-refractivity contribution >= 4 is 43.6 Å². The summed E-state index contributed by atoms with van der Waals surface area (Å²) >= 11 is 3.12. The van der Waals surface area contributed by atoms with Gasteiger partial charge in [-0.3, -0.25) is 4.72 Å². The van der Waals surface area contributed by atoms with Crippen molar-refractivity contribution in [2.45, 2.75) is 4.90 Å². The smallest absolute Gasteiger partial charge is 0.339 e. The molecule has 25 heavy (non-hydrogen) atoms. The van der Waals surface area contributed by atoms with Gasteiger partial charge in [0.1, 0.15) is 10.7 Å². The highest BCUT2D eigenvalue weighted by atomic mass is 79.9. The second-order valence-corrected chi connectivity index (χ2v) is 7.30. The quantitative estimate of drug-likeness (QED) is 0.704. The standard InChI is InChI=1S/C15H11BrFNO6S/c1-24-15(21)11-6-8(16)2-5-13(11)25(22,23)18-12-7-9(17)3-4-10(12)14(19)20/h2-7,18H,1H3,(H,19,20). The van der Waals surface area contributed by atoms with Gasteiger partial charge in [-0.25, -0.2) is 22.4 Å². The van der Waals surface area contributed by atoms with E-state index in [1.165, 1.54) is 12.1 Å². The summed E-state index contributed by atoms with van der Waals surface area (Å²) in [5.41, 5.74) is -1.18. The van der Waals surface area contributed by atoms with Gasteiger partial charge in [0.05, 0.1) is 23.9 Å². The number of rotatable bonds is 5. The number of carboxylic acid groups (broad SMARTS) is 1. The molecule has 0 saturated carbocycles. The molecule has 2 aromatic carbocycles. The molecule has 0 atom stereocenters. The molecular formula is C15H11BrFNO6S. The first-order valence-corrected chi connectivity index (χ1v) is 8.87. The molecule has 0 aromatic heterocycles. The van der Waals surface area contributed by atoms with Gasteiger partial charge in [-0.05, 0) is 36.4 Å². The summed E-state index contributed by atoms with van der Waals surface area (Å²) in [6.45, 7) is 0. The molecule has 0 amide bonds. The minimum absolute atomic E-state index is 0.266. The van der Waals surface area contributed by atoms with Crippen LogP contribution >= 0.6 is 15.9 Å². The average molecular weight is 432 g/mol. The molecule has 0 unspecified atom stereocenters. The molecule has 132 valence electrons. The van der Waals surface area contributed by atoms with E-state index in [1.54, 1.807) is 0 Å². The number of carbonyl (C=O) groups is 2. The maximum atomic E-state index is 13.4. The molecule has 2 N–H and O–H groups in total. The number of anilines is 1. The van der Waals surface area contributed by atoms with Gasteiger partial charge in [0, 0.05) is 4.47 Å². The Morgan fingerprint density at radius 2 is 1.84 bits per heavy atom. The van der Waals surface area contributed by atoms with Crippen LogP contribution in [0.3, 0.4) is 0 Å². The molecule has 0 saturated heterocycles. The van der Waals surface area contributed by atoms with E-state index < -0.39 is 43.9 Å². The molecule has 0 radical (unpaired) electrons. The number of hydrogen-bond donors (Lipinski definition) is 2. The molecule has 0 aliphatic heterocycles. The van der Waals surface area contributed by atoms with Crippen LogP contribution in [0.15, 0.2) is 45.8 Å². The third kappa shape index (κ3) is 4.15. The lowest BCUT2D eigenvalue weighted by Gasteiger charge is -2.13. The first-order chi connectivity index (χ1) is 11.7. The molecule has 0 aliphatic rings. The number of nitrogens with one attached hydrogen (secondary N) is 1. The third-order valence-corrected chi connectivity index (χ3v) is 5.01. The topological polar surface area (TPSA) is 110 Å². The number of carbonyl (C=O) groups excluding carboxylic acids is 1. The summed E-state index contributed by atoms with van der Waals surface area (Å²) in [6.07, 6.45) is 0. The highest BCUT2D eigenvalue weighted by molar-refractivity contribution is 9.10. The maximum Gasteiger partial charge on any atom is 0.339 e. The first kappa shape index (κ1) is 18.9. The van der Waals surface area contributed by atoms with E-state index in [0.717, 1.165) is 31.4 Å². The second kappa shape index (κ2) is 7.19. The number of benzene rings is 2. The van der Waals surface area contributed by atoms with Crippen molar-refractivity contribution in [3.8, 4) is 0 Å². The van der Waals surface area contributed by atoms with Gasteiger partial charge in [-0.1, -0.05) is 15.9 Å². The Hall–Kier alpha value is -2.46. The van der Waals surface area contributed by atoms with E-state index in [-0.39, 0.29) is 5.56 Å². The van der Waals surface area contributed by atoms with Crippen molar-refractivity contribution in [3.63, 3.8) is 0 Å². The van der Waals surface area contributed by atoms with Crippen molar-refractivity contribution in [1.29, 1.82) is 0 Å². The maximum absolute atomic E-state index is 13.4. The number of methoxy groups -OCH3 is 1. The fourth-order valence-electron chi connectivity index (χ4n) is 1.99. The Labute approximate surface area is 150 Å². The van der Waals surface area contributed by atoms with Crippen molar-refractivity contribution < 1.29 is 32.2 Å². The zero-order valence-electron chi connectivity index (χ0n) is 12.6. The molecule has 0 bridgehead atoms. The van der Waals surface area contributed by atoms with E-state index >= 15 is 0 Å². The van der Waals surface area contributed by atoms with Crippen LogP contribution in [0.4, 0.5) is 10.1 Å². The zero-order chi connectivity index (χ0) is 18.8. The largest absolute Gasteiger partial charge is 0.478 e. The Bertz CT molecular complexity index is 960. The monoisotopic (exact) mass is 431 g/mol. The van der Waals surface area contributed by atoms with Gasteiger partial charge in [0.25, 0.3) is 10.0 Å². The summed E-state index contributed by atoms with van der Waals surface area (Å²) in [6, 6.07) is 6.31. The number of aromatic carboxylic acids is 1. The van der Waals surface area contributed by atoms with E-state index in [2.05, 4.69) is 20.7 Å². The van der Waals surface area contributed by atoms with Gasteiger partial charge in [-0.15, -0.1) is 0 Å². The zero-order valence-corrected chi connectivity index (χ0v) is 15.0. The van der Waals surface area contributed by atoms with Crippen LogP contribution in [0.1, 0.15) is 20.7 Å². The highest BCUT2D eigenvalue weighted by Gasteiger charge is 2.25. The fourth-order valence-corrected chi connectivity index (χ4v) is 3.60. The second-order valence-electron chi connectivity index (χ2n) is 4.73. The number of hydrogen-bond acceptors (Lipinski definition) is 5. The summed E-state index contributed by atoms with van der Waals surface area (Å²) in [5, 5.41) is 9.10. The number of esters is 1. The summed E-state index contributed by atoms with van der Waals surface area (Å²) in [5.74, 6) is -3.17. The summed E-state index contributed by atoms with van der Waals surface area (Å²) in [7, 11) is -3.30. The molecule has 7 nitrogen and oxygen atoms in total. The fraction of sp³-hybridized carbons (Fsp3) is 0.0667. The minimum atomic E-state index is -4.39. The van der Waals surface area contributed by atoms with Gasteiger partial charge in [0.15, 0.2) is 0 Å². The summed E-state index contributed by atoms with van der Waals surface area (Å²) < 4.78 is 45.6. The number of halogens is 2. The Kier molecular flexibility index (Phi) is 5.43. The lowest BCUT2D eigenvalue weighted by molar-refractivity contribution is 0.0595. The molecule has 0 fully saturated rings. The molecule has 0 heterocycles. The Morgan fingerprint density at radius 3 is 2.44 bits per heavy atom. The van der Waals surface area contributed by atoms with Crippen LogP contribution in [0.2, 0.25) is 0 Å². The minimum Gasteiger partial charge on any atom is -0.478 e. The predicted octanol–water partition coefficient (Wildman–Crippen LogP) is 2.87. The molecule has 2 rings (SSSR count). The summed E-state index contributed by atoms with van der Waals surface area (Å²) in [4.78, 5) is 22.6. The first-order valence-electron chi connectivity index (χ1n) is 6.59. The number of ether oxygens (including phenoxy) is 1. The molecule has 0 spiro atoms. The van der Waals surface area contributed by atoms with Crippen LogP contribution in [-0.2, 0) is 14.8 Å². The SMILES string of the molecule is COC(=O)c1cc(Br)ccc1S(=O)(=O)Nc1cc(F)ccc1C(=O)O. The van der Waals surface area contributed by atoms with Crippen molar-refractivity contribution in [1.82, 2.24) is 0 Å². The third-order valence-electron chi connectivity index (χ3n) is 3.09. The van der Waals surface area contributed by atoms with E-state index in [4.69, 9.17) is 5.11 Å². The lowest BCUT2D eigenvalue weighted by atomic mass is 10.2. The van der Waals surface area contributed by atoms with Crippen LogP contribution in [0.5, 0.6) is 0 Å². The van der Waals surface area contributed by atoms with Crippen LogP contribution < -0.4 is 4.72 Å². The lowest BCUT2D eigenvalue weighted by Crippen LogP contribution is -2.19. The highest BCUT2D eigenvalue weighted by Crippen LogP contribution is 2.26. The van der Waals surface area contributed by atoms with Gasteiger partial charge in [0.2, 0.25) is 0 Å². The molecular weight excluding hydrogens is 421 g/mol. The van der Waals surface area contributed by atoms with Gasteiger partial charge >= 0.3 is 11.9 Å². The normalized spacial score (nSPS) is 11.0. The average Bonchev–Trinajstić information content (AvgIpc) is 2.53.